The predicted molar refractivity (Wildman–Crippen MR) is 79.4 cm³/mol. The number of carbonyl (C=O) groups is 1. The second-order valence-corrected chi connectivity index (χ2v) is 5.27. The summed E-state index contributed by atoms with van der Waals surface area (Å²) < 4.78 is 15.7. The lowest BCUT2D eigenvalue weighted by Crippen LogP contribution is -2.34. The first-order valence-corrected chi connectivity index (χ1v) is 7.18. The first-order valence-electron chi connectivity index (χ1n) is 7.18. The highest BCUT2D eigenvalue weighted by atomic mass is 16.5. The Kier molecular flexibility index (Phi) is 5.05. The quantitative estimate of drug-likeness (QED) is 0.764. The number of aliphatic hydroxyl groups is 1. The third-order valence-corrected chi connectivity index (χ3v) is 3.18. The van der Waals surface area contributed by atoms with Crippen molar-refractivity contribution < 1.29 is 23.5 Å². The SMILES string of the molecule is CCOC(=O)c1ccc(CNCC(C)(O)c2ccc(C)o2)o1. The fourth-order valence-corrected chi connectivity index (χ4v) is 2.03. The molecule has 0 aliphatic rings. The maximum Gasteiger partial charge on any atom is 0.374 e. The number of rotatable bonds is 7. The minimum atomic E-state index is -1.12. The van der Waals surface area contributed by atoms with Crippen molar-refractivity contribution in [2.45, 2.75) is 32.9 Å². The number of hydrogen-bond acceptors (Lipinski definition) is 6. The van der Waals surface area contributed by atoms with E-state index in [1.807, 2.05) is 13.0 Å². The summed E-state index contributed by atoms with van der Waals surface area (Å²) in [7, 11) is 0. The first kappa shape index (κ1) is 16.3. The molecule has 0 bridgehead atoms. The van der Waals surface area contributed by atoms with Gasteiger partial charge in [-0.3, -0.25) is 0 Å². The monoisotopic (exact) mass is 307 g/mol. The Hall–Kier alpha value is -2.05. The van der Waals surface area contributed by atoms with E-state index in [1.165, 1.54) is 0 Å². The van der Waals surface area contributed by atoms with Crippen molar-refractivity contribution in [2.75, 3.05) is 13.2 Å². The lowest BCUT2D eigenvalue weighted by molar-refractivity contribution is 0.0326. The summed E-state index contributed by atoms with van der Waals surface area (Å²) in [6.07, 6.45) is 0. The number of carbonyl (C=O) groups excluding carboxylic acids is 1. The highest BCUT2D eigenvalue weighted by Crippen LogP contribution is 2.22. The number of ether oxygens (including phenoxy) is 1. The van der Waals surface area contributed by atoms with Crippen LogP contribution in [0.15, 0.2) is 33.1 Å². The van der Waals surface area contributed by atoms with Crippen LogP contribution in [0, 0.1) is 6.92 Å². The second kappa shape index (κ2) is 6.81. The fourth-order valence-electron chi connectivity index (χ4n) is 2.03. The highest BCUT2D eigenvalue weighted by molar-refractivity contribution is 5.86. The van der Waals surface area contributed by atoms with Crippen LogP contribution in [0.3, 0.4) is 0 Å². The molecule has 0 saturated heterocycles. The molecule has 2 aromatic heterocycles. The van der Waals surface area contributed by atoms with Crippen LogP contribution in [0.5, 0.6) is 0 Å². The molecular weight excluding hydrogens is 286 g/mol. The minimum absolute atomic E-state index is 0.173. The topological polar surface area (TPSA) is 84.8 Å². The number of nitrogens with one attached hydrogen (secondary N) is 1. The van der Waals surface area contributed by atoms with Crippen molar-refractivity contribution in [2.24, 2.45) is 0 Å². The lowest BCUT2D eigenvalue weighted by Gasteiger charge is -2.21. The van der Waals surface area contributed by atoms with Crippen LogP contribution in [-0.4, -0.2) is 24.2 Å². The van der Waals surface area contributed by atoms with Gasteiger partial charge in [-0.2, -0.15) is 0 Å². The van der Waals surface area contributed by atoms with Crippen LogP contribution in [-0.2, 0) is 16.9 Å². The van der Waals surface area contributed by atoms with Crippen LogP contribution in [0.4, 0.5) is 0 Å². The van der Waals surface area contributed by atoms with Gasteiger partial charge >= 0.3 is 5.97 Å². The van der Waals surface area contributed by atoms with Gasteiger partial charge in [-0.25, -0.2) is 4.79 Å². The minimum Gasteiger partial charge on any atom is -0.463 e. The van der Waals surface area contributed by atoms with E-state index in [-0.39, 0.29) is 12.3 Å². The first-order chi connectivity index (χ1) is 10.4. The molecule has 0 radical (unpaired) electrons. The van der Waals surface area contributed by atoms with E-state index in [0.29, 0.717) is 24.7 Å². The molecule has 0 spiro atoms. The zero-order valence-corrected chi connectivity index (χ0v) is 13.0. The molecule has 0 aliphatic heterocycles. The van der Waals surface area contributed by atoms with E-state index in [2.05, 4.69) is 5.32 Å². The fraction of sp³-hybridized carbons (Fsp3) is 0.438. The molecule has 6 heteroatoms. The Labute approximate surface area is 129 Å². The van der Waals surface area contributed by atoms with E-state index >= 15 is 0 Å². The van der Waals surface area contributed by atoms with Gasteiger partial charge in [-0.15, -0.1) is 0 Å². The molecular formula is C16H21NO5. The normalized spacial score (nSPS) is 13.8. The van der Waals surface area contributed by atoms with Gasteiger partial charge in [0.15, 0.2) is 0 Å². The van der Waals surface area contributed by atoms with Crippen LogP contribution in [0.2, 0.25) is 0 Å². The molecule has 2 rings (SSSR count). The van der Waals surface area contributed by atoms with Gasteiger partial charge in [0.1, 0.15) is 22.9 Å². The lowest BCUT2D eigenvalue weighted by atomic mass is 10.0. The number of esters is 1. The second-order valence-electron chi connectivity index (χ2n) is 5.27. The van der Waals surface area contributed by atoms with E-state index in [9.17, 15) is 9.90 Å². The van der Waals surface area contributed by atoms with Crippen molar-refractivity contribution >= 4 is 5.97 Å². The van der Waals surface area contributed by atoms with E-state index in [4.69, 9.17) is 13.6 Å². The molecule has 1 atom stereocenters. The van der Waals surface area contributed by atoms with Gasteiger partial charge < -0.3 is 24.0 Å². The summed E-state index contributed by atoms with van der Waals surface area (Å²) >= 11 is 0. The Balaban J connectivity index is 1.87. The summed E-state index contributed by atoms with van der Waals surface area (Å²) in [6, 6.07) is 6.83. The Bertz CT molecular complexity index is 626. The largest absolute Gasteiger partial charge is 0.463 e. The van der Waals surface area contributed by atoms with Crippen molar-refractivity contribution in [3.63, 3.8) is 0 Å². The Morgan fingerprint density at radius 2 is 2.09 bits per heavy atom. The summed E-state index contributed by atoms with van der Waals surface area (Å²) in [5, 5.41) is 13.5. The summed E-state index contributed by atoms with van der Waals surface area (Å²) in [6.45, 7) is 6.21. The molecule has 22 heavy (non-hydrogen) atoms. The van der Waals surface area contributed by atoms with Crippen molar-refractivity contribution in [3.05, 3.63) is 47.3 Å². The molecule has 2 heterocycles. The van der Waals surface area contributed by atoms with E-state index < -0.39 is 11.6 Å². The van der Waals surface area contributed by atoms with Gasteiger partial charge in [0.25, 0.3) is 0 Å². The Morgan fingerprint density at radius 1 is 1.32 bits per heavy atom. The predicted octanol–water partition coefficient (Wildman–Crippen LogP) is 2.36. The molecule has 0 saturated carbocycles. The summed E-state index contributed by atoms with van der Waals surface area (Å²) in [5.74, 6) is 1.54. The molecule has 1 unspecified atom stereocenters. The molecule has 0 aromatic carbocycles. The maximum atomic E-state index is 11.5. The molecule has 120 valence electrons. The van der Waals surface area contributed by atoms with Gasteiger partial charge in [0.2, 0.25) is 5.76 Å². The molecule has 0 fully saturated rings. The van der Waals surface area contributed by atoms with Crippen LogP contribution in [0.1, 0.15) is 41.7 Å². The molecule has 0 aliphatic carbocycles. The average Bonchev–Trinajstić information content (AvgIpc) is 3.08. The number of aryl methyl sites for hydroxylation is 1. The molecule has 0 amide bonds. The van der Waals surface area contributed by atoms with Gasteiger partial charge in [-0.05, 0) is 45.0 Å². The average molecular weight is 307 g/mol. The molecule has 6 nitrogen and oxygen atoms in total. The third-order valence-electron chi connectivity index (χ3n) is 3.18. The molecule has 2 aromatic rings. The smallest absolute Gasteiger partial charge is 0.374 e. The van der Waals surface area contributed by atoms with Crippen molar-refractivity contribution in [1.82, 2.24) is 5.32 Å². The van der Waals surface area contributed by atoms with Crippen LogP contribution in [0.25, 0.3) is 0 Å². The van der Waals surface area contributed by atoms with Gasteiger partial charge in [0.05, 0.1) is 13.2 Å². The maximum absolute atomic E-state index is 11.5. The van der Waals surface area contributed by atoms with Gasteiger partial charge in [0, 0.05) is 6.54 Å². The highest BCUT2D eigenvalue weighted by Gasteiger charge is 2.26. The van der Waals surface area contributed by atoms with E-state index in [0.717, 1.165) is 5.76 Å². The summed E-state index contributed by atoms with van der Waals surface area (Å²) in [5.41, 5.74) is -1.12. The van der Waals surface area contributed by atoms with Crippen LogP contribution < -0.4 is 5.32 Å². The van der Waals surface area contributed by atoms with E-state index in [1.54, 1.807) is 32.0 Å². The van der Waals surface area contributed by atoms with Crippen LogP contribution >= 0.6 is 0 Å². The third kappa shape index (κ3) is 3.99. The standard InChI is InChI=1S/C16H21NO5/c1-4-20-15(18)13-7-6-12(22-13)9-17-10-16(3,19)14-8-5-11(2)21-14/h5-8,17,19H,4,9-10H2,1-3H3. The Morgan fingerprint density at radius 3 is 2.73 bits per heavy atom. The zero-order chi connectivity index (χ0) is 16.2. The molecule has 2 N–H and O–H groups in total. The van der Waals surface area contributed by atoms with Crippen molar-refractivity contribution in [1.29, 1.82) is 0 Å². The number of hydrogen-bond donors (Lipinski definition) is 2. The zero-order valence-electron chi connectivity index (χ0n) is 13.0. The van der Waals surface area contributed by atoms with Gasteiger partial charge in [-0.1, -0.05) is 0 Å². The van der Waals surface area contributed by atoms with Crippen molar-refractivity contribution in [3.8, 4) is 0 Å². The summed E-state index contributed by atoms with van der Waals surface area (Å²) in [4.78, 5) is 11.5. The number of furan rings is 2.